The number of benzene rings is 2. The number of fused-ring (bicyclic) bond motifs is 1. The SMILES string of the molecule is Cc1ncsc1-c1ccc(C(C)NC(=O)[C@@H]2C[C@@H](O)CN2C(=O)C(c2cc(N3CCC4(CC3)CC(c3cc5nnc(-c6ccccc6O)cc5s3)C4)no2)C(C)C)cc1. The fourth-order valence-corrected chi connectivity index (χ4v) is 11.3. The molecular weight excluding hydrogens is 783 g/mol. The van der Waals surface area contributed by atoms with Crippen molar-refractivity contribution < 1.29 is 24.3 Å². The van der Waals surface area contributed by atoms with E-state index in [9.17, 15) is 19.8 Å². The second kappa shape index (κ2) is 15.8. The quantitative estimate of drug-likeness (QED) is 0.123. The van der Waals surface area contributed by atoms with Crippen molar-refractivity contribution in [1.29, 1.82) is 0 Å². The van der Waals surface area contributed by atoms with E-state index in [1.165, 1.54) is 9.78 Å². The molecule has 6 heterocycles. The molecule has 0 radical (unpaired) electrons. The van der Waals surface area contributed by atoms with Gasteiger partial charge in [-0.2, -0.15) is 0 Å². The average molecular weight is 832 g/mol. The Morgan fingerprint density at radius 2 is 1.76 bits per heavy atom. The minimum atomic E-state index is -0.799. The van der Waals surface area contributed by atoms with E-state index in [4.69, 9.17) is 4.52 Å². The topological polar surface area (TPSA) is 158 Å². The number of aliphatic hydroxyl groups excluding tert-OH is 1. The summed E-state index contributed by atoms with van der Waals surface area (Å²) in [6, 6.07) is 20.3. The fourth-order valence-electron chi connectivity index (χ4n) is 9.38. The zero-order valence-corrected chi connectivity index (χ0v) is 35.3. The molecule has 1 spiro atoms. The number of rotatable bonds is 10. The van der Waals surface area contributed by atoms with E-state index in [0.717, 1.165) is 76.5 Å². The number of likely N-dealkylation sites (tertiary alicyclic amines) is 1. The Labute approximate surface area is 351 Å². The van der Waals surface area contributed by atoms with Crippen molar-refractivity contribution in [3.8, 4) is 27.4 Å². The molecule has 4 aromatic heterocycles. The first kappa shape index (κ1) is 39.3. The van der Waals surface area contributed by atoms with Gasteiger partial charge in [0.2, 0.25) is 11.8 Å². The first-order chi connectivity index (χ1) is 28.4. The number of aliphatic hydroxyl groups is 1. The molecule has 4 atom stereocenters. The smallest absolute Gasteiger partial charge is 0.243 e. The third kappa shape index (κ3) is 7.62. The summed E-state index contributed by atoms with van der Waals surface area (Å²) in [6.07, 6.45) is 3.75. The van der Waals surface area contributed by atoms with Gasteiger partial charge in [0, 0.05) is 42.6 Å². The summed E-state index contributed by atoms with van der Waals surface area (Å²) < 4.78 is 7.00. The highest BCUT2D eigenvalue weighted by Gasteiger charge is 2.48. The van der Waals surface area contributed by atoms with Gasteiger partial charge in [-0.3, -0.25) is 9.59 Å². The minimum absolute atomic E-state index is 0.0851. The largest absolute Gasteiger partial charge is 0.507 e. The van der Waals surface area contributed by atoms with Crippen LogP contribution in [0.1, 0.15) is 92.6 Å². The van der Waals surface area contributed by atoms with Gasteiger partial charge in [0.1, 0.15) is 23.2 Å². The van der Waals surface area contributed by atoms with Crippen molar-refractivity contribution in [2.75, 3.05) is 24.5 Å². The van der Waals surface area contributed by atoms with Crippen molar-refractivity contribution in [3.05, 3.63) is 94.1 Å². The molecule has 3 aliphatic rings. The average Bonchev–Trinajstić information content (AvgIpc) is 4.04. The highest BCUT2D eigenvalue weighted by atomic mass is 32.1. The van der Waals surface area contributed by atoms with E-state index in [2.05, 4.69) is 36.6 Å². The molecule has 2 aromatic carbocycles. The summed E-state index contributed by atoms with van der Waals surface area (Å²) in [7, 11) is 0. The summed E-state index contributed by atoms with van der Waals surface area (Å²) >= 11 is 3.38. The van der Waals surface area contributed by atoms with Crippen molar-refractivity contribution in [1.82, 2.24) is 30.6 Å². The molecule has 6 aromatic rings. The number of aryl methyl sites for hydroxylation is 1. The van der Waals surface area contributed by atoms with Crippen molar-refractivity contribution in [2.45, 2.75) is 89.8 Å². The van der Waals surface area contributed by atoms with E-state index in [1.54, 1.807) is 34.8 Å². The number of thiophene rings is 1. The van der Waals surface area contributed by atoms with Crippen LogP contribution in [-0.2, 0) is 9.59 Å². The van der Waals surface area contributed by atoms with Crippen LogP contribution in [0.4, 0.5) is 5.82 Å². The molecule has 306 valence electrons. The van der Waals surface area contributed by atoms with Crippen LogP contribution >= 0.6 is 22.7 Å². The summed E-state index contributed by atoms with van der Waals surface area (Å²) in [4.78, 5) is 38.7. The second-order valence-electron chi connectivity index (χ2n) is 17.1. The summed E-state index contributed by atoms with van der Waals surface area (Å²) in [5, 5.41) is 37.5. The number of piperidine rings is 1. The lowest BCUT2D eigenvalue weighted by molar-refractivity contribution is -0.141. The summed E-state index contributed by atoms with van der Waals surface area (Å²) in [5.74, 6) is 0.598. The molecule has 3 N–H and O–H groups in total. The number of carbonyl (C=O) groups is 2. The number of hydrogen-bond acceptors (Lipinski definition) is 12. The number of nitrogens with zero attached hydrogens (tertiary/aromatic N) is 6. The van der Waals surface area contributed by atoms with E-state index < -0.39 is 18.1 Å². The number of anilines is 1. The first-order valence-electron chi connectivity index (χ1n) is 20.5. The number of β-amino-alcohol motifs (C(OH)–C–C–N with tert-alkyl or cyclic N) is 1. The molecule has 2 saturated heterocycles. The fraction of sp³-hybridized carbons (Fsp3) is 0.422. The number of aromatic hydroxyl groups is 1. The van der Waals surface area contributed by atoms with Crippen LogP contribution in [0.3, 0.4) is 0 Å². The molecule has 2 amide bonds. The number of hydrogen-bond donors (Lipinski definition) is 3. The maximum absolute atomic E-state index is 14.3. The molecule has 1 aliphatic carbocycles. The van der Waals surface area contributed by atoms with Gasteiger partial charge in [0.05, 0.1) is 38.6 Å². The molecule has 9 rings (SSSR count). The van der Waals surface area contributed by atoms with Gasteiger partial charge in [-0.15, -0.1) is 32.9 Å². The number of para-hydroxylation sites is 1. The zero-order chi connectivity index (χ0) is 41.0. The normalized spacial score (nSPS) is 20.3. The Bertz CT molecular complexity index is 2480. The third-order valence-electron chi connectivity index (χ3n) is 12.8. The number of amides is 2. The summed E-state index contributed by atoms with van der Waals surface area (Å²) in [6.45, 7) is 9.66. The van der Waals surface area contributed by atoms with Crippen LogP contribution in [0, 0.1) is 18.3 Å². The molecule has 2 aliphatic heterocycles. The second-order valence-corrected chi connectivity index (χ2v) is 19.0. The van der Waals surface area contributed by atoms with Gasteiger partial charge < -0.3 is 29.9 Å². The summed E-state index contributed by atoms with van der Waals surface area (Å²) in [5.41, 5.74) is 7.40. The monoisotopic (exact) mass is 831 g/mol. The van der Waals surface area contributed by atoms with Crippen LogP contribution in [0.15, 0.2) is 76.8 Å². The molecular formula is C45H49N7O5S2. The molecule has 59 heavy (non-hydrogen) atoms. The lowest BCUT2D eigenvalue weighted by Gasteiger charge is -2.52. The van der Waals surface area contributed by atoms with Gasteiger partial charge in [-0.25, -0.2) is 4.98 Å². The third-order valence-corrected chi connectivity index (χ3v) is 15.0. The zero-order valence-electron chi connectivity index (χ0n) is 33.7. The Kier molecular flexibility index (Phi) is 10.5. The predicted octanol–water partition coefficient (Wildman–Crippen LogP) is 8.23. The van der Waals surface area contributed by atoms with Crippen molar-refractivity contribution in [3.63, 3.8) is 0 Å². The van der Waals surface area contributed by atoms with E-state index >= 15 is 0 Å². The van der Waals surface area contributed by atoms with Gasteiger partial charge in [0.25, 0.3) is 0 Å². The number of phenolic OH excluding ortho intramolecular Hbond substituents is 1. The highest BCUT2D eigenvalue weighted by Crippen LogP contribution is 2.58. The van der Waals surface area contributed by atoms with Crippen LogP contribution in [0.5, 0.6) is 5.75 Å². The lowest BCUT2D eigenvalue weighted by Crippen LogP contribution is -2.48. The Morgan fingerprint density at radius 3 is 2.47 bits per heavy atom. The molecule has 2 unspecified atom stereocenters. The number of carbonyl (C=O) groups excluding carboxylic acids is 2. The standard InChI is InChI=1S/C45H49N7O5S2/c1-25(2)41(44(56)52-23-31(53)17-35(52)43(55)47-26(3)28-9-11-29(12-10-28)42-27(4)46-24-58-42)37-20-40(50-57-37)51-15-13-45(14-16-51)21-30(22-45)38-19-34-39(59-38)18-33(48-49-34)32-7-5-6-8-36(32)54/h5-12,18-20,24-26,30-31,35,41,53-54H,13-17,21-23H2,1-4H3,(H,47,55)/t26?,31-,35+,41?/m1/s1. The predicted molar refractivity (Wildman–Crippen MR) is 229 cm³/mol. The van der Waals surface area contributed by atoms with E-state index in [1.807, 2.05) is 81.7 Å². The lowest BCUT2D eigenvalue weighted by atomic mass is 9.57. The van der Waals surface area contributed by atoms with Gasteiger partial charge in [0.15, 0.2) is 11.6 Å². The number of nitrogens with one attached hydrogen (secondary N) is 1. The van der Waals surface area contributed by atoms with Crippen molar-refractivity contribution >= 4 is 50.5 Å². The van der Waals surface area contributed by atoms with Gasteiger partial charge in [-0.05, 0) is 92.2 Å². The molecule has 0 bridgehead atoms. The van der Waals surface area contributed by atoms with Crippen LogP contribution in [-0.4, -0.2) is 79.0 Å². The number of phenols is 1. The maximum atomic E-state index is 14.3. The Balaban J connectivity index is 0.813. The van der Waals surface area contributed by atoms with Crippen LogP contribution < -0.4 is 10.2 Å². The van der Waals surface area contributed by atoms with Gasteiger partial charge >= 0.3 is 0 Å². The van der Waals surface area contributed by atoms with Crippen molar-refractivity contribution in [2.24, 2.45) is 11.3 Å². The van der Waals surface area contributed by atoms with Crippen LogP contribution in [0.25, 0.3) is 31.9 Å². The molecule has 1 saturated carbocycles. The Morgan fingerprint density at radius 1 is 1.00 bits per heavy atom. The van der Waals surface area contributed by atoms with Crippen LogP contribution in [0.2, 0.25) is 0 Å². The minimum Gasteiger partial charge on any atom is -0.507 e. The van der Waals surface area contributed by atoms with E-state index in [0.29, 0.717) is 28.4 Å². The number of aromatic nitrogens is 4. The maximum Gasteiger partial charge on any atom is 0.243 e. The van der Waals surface area contributed by atoms with Gasteiger partial charge in [-0.1, -0.05) is 55.4 Å². The molecule has 3 fully saturated rings. The molecule has 12 nitrogen and oxygen atoms in total. The highest BCUT2D eigenvalue weighted by molar-refractivity contribution is 7.19. The number of thiazole rings is 1. The Hall–Kier alpha value is -5.18. The first-order valence-corrected chi connectivity index (χ1v) is 22.2. The van der Waals surface area contributed by atoms with E-state index in [-0.39, 0.29) is 42.5 Å². The molecule has 14 heteroatoms.